The zero-order chi connectivity index (χ0) is 24.0. The van der Waals surface area contributed by atoms with Crippen molar-refractivity contribution >= 4 is 12.0 Å². The molecule has 188 valence electrons. The Labute approximate surface area is 202 Å². The van der Waals surface area contributed by atoms with E-state index in [0.29, 0.717) is 6.42 Å². The summed E-state index contributed by atoms with van der Waals surface area (Å²) >= 11 is 0. The molecular weight excluding hydrogens is 410 g/mol. The van der Waals surface area contributed by atoms with E-state index in [0.717, 1.165) is 18.4 Å². The summed E-state index contributed by atoms with van der Waals surface area (Å²) < 4.78 is 0. The van der Waals surface area contributed by atoms with E-state index in [1.165, 1.54) is 83.5 Å². The number of carbonyl (C=O) groups is 1. The third-order valence-electron chi connectivity index (χ3n) is 6.25. The van der Waals surface area contributed by atoms with E-state index in [1.807, 2.05) is 30.3 Å². The van der Waals surface area contributed by atoms with Crippen LogP contribution in [-0.2, 0) is 4.79 Å². The molecule has 4 nitrogen and oxygen atoms in total. The Balaban J connectivity index is 1.98. The first-order valence-electron chi connectivity index (χ1n) is 13.5. The normalized spacial score (nSPS) is 13.3. The lowest BCUT2D eigenvalue weighted by Crippen LogP contribution is -2.45. The van der Waals surface area contributed by atoms with E-state index in [9.17, 15) is 15.0 Å². The largest absolute Gasteiger partial charge is 0.394 e. The van der Waals surface area contributed by atoms with Crippen LogP contribution in [0.1, 0.15) is 115 Å². The lowest BCUT2D eigenvalue weighted by atomic mass is 10.0. The molecule has 0 saturated carbocycles. The average molecular weight is 460 g/mol. The summed E-state index contributed by atoms with van der Waals surface area (Å²) in [4.78, 5) is 12.2. The maximum Gasteiger partial charge on any atom is 0.220 e. The van der Waals surface area contributed by atoms with Crippen LogP contribution in [0.4, 0.5) is 0 Å². The third kappa shape index (κ3) is 16.6. The van der Waals surface area contributed by atoms with Gasteiger partial charge in [-0.2, -0.15) is 0 Å². The number of unbranched alkanes of at least 4 members (excludes halogenated alkanes) is 14. The molecule has 0 radical (unpaired) electrons. The molecular formula is C29H49NO3. The molecule has 1 aromatic rings. The highest BCUT2D eigenvalue weighted by atomic mass is 16.3. The van der Waals surface area contributed by atoms with Gasteiger partial charge in [0.1, 0.15) is 0 Å². The molecule has 2 atom stereocenters. The van der Waals surface area contributed by atoms with Crippen LogP contribution in [0.3, 0.4) is 0 Å². The zero-order valence-electron chi connectivity index (χ0n) is 21.0. The highest BCUT2D eigenvalue weighted by Gasteiger charge is 2.18. The molecule has 0 aliphatic carbocycles. The van der Waals surface area contributed by atoms with Gasteiger partial charge in [0.25, 0.3) is 0 Å². The topological polar surface area (TPSA) is 69.6 Å². The van der Waals surface area contributed by atoms with Crippen molar-refractivity contribution in [3.63, 3.8) is 0 Å². The molecule has 0 spiro atoms. The predicted molar refractivity (Wildman–Crippen MR) is 140 cm³/mol. The maximum absolute atomic E-state index is 12.2. The molecule has 33 heavy (non-hydrogen) atoms. The van der Waals surface area contributed by atoms with Gasteiger partial charge >= 0.3 is 0 Å². The molecule has 1 amide bonds. The second-order valence-electron chi connectivity index (χ2n) is 9.32. The third-order valence-corrected chi connectivity index (χ3v) is 6.25. The first-order chi connectivity index (χ1) is 16.2. The summed E-state index contributed by atoms with van der Waals surface area (Å²) in [7, 11) is 0. The van der Waals surface area contributed by atoms with Crippen molar-refractivity contribution in [3.8, 4) is 0 Å². The molecule has 0 aromatic heterocycles. The summed E-state index contributed by atoms with van der Waals surface area (Å²) in [6.07, 6.45) is 22.4. The van der Waals surface area contributed by atoms with Crippen LogP contribution in [0.25, 0.3) is 6.08 Å². The van der Waals surface area contributed by atoms with Gasteiger partial charge in [0, 0.05) is 6.42 Å². The molecule has 0 heterocycles. The second kappa shape index (κ2) is 20.9. The summed E-state index contributed by atoms with van der Waals surface area (Å²) in [6, 6.07) is 8.98. The Hall–Kier alpha value is -1.65. The molecule has 0 bridgehead atoms. The molecule has 1 aromatic carbocycles. The van der Waals surface area contributed by atoms with Gasteiger partial charge in [0.2, 0.25) is 5.91 Å². The van der Waals surface area contributed by atoms with Crippen molar-refractivity contribution in [2.24, 2.45) is 0 Å². The highest BCUT2D eigenvalue weighted by Crippen LogP contribution is 2.14. The van der Waals surface area contributed by atoms with Crippen molar-refractivity contribution in [2.75, 3.05) is 6.61 Å². The molecule has 1 rings (SSSR count). The van der Waals surface area contributed by atoms with Crippen LogP contribution < -0.4 is 5.32 Å². The van der Waals surface area contributed by atoms with Crippen molar-refractivity contribution < 1.29 is 15.0 Å². The number of hydrogen-bond acceptors (Lipinski definition) is 3. The van der Waals surface area contributed by atoms with Crippen LogP contribution in [0.5, 0.6) is 0 Å². The van der Waals surface area contributed by atoms with Crippen LogP contribution in [-0.4, -0.2) is 34.9 Å². The van der Waals surface area contributed by atoms with Crippen LogP contribution in [0.2, 0.25) is 0 Å². The molecule has 0 aliphatic heterocycles. The molecule has 4 heteroatoms. The Kier molecular flexibility index (Phi) is 18.6. The van der Waals surface area contributed by atoms with Gasteiger partial charge in [-0.1, -0.05) is 139 Å². The second-order valence-corrected chi connectivity index (χ2v) is 9.32. The van der Waals surface area contributed by atoms with Gasteiger partial charge < -0.3 is 15.5 Å². The summed E-state index contributed by atoms with van der Waals surface area (Å²) in [5.74, 6) is -0.101. The van der Waals surface area contributed by atoms with Crippen LogP contribution >= 0.6 is 0 Å². The predicted octanol–water partition coefficient (Wildman–Crippen LogP) is 6.80. The highest BCUT2D eigenvalue weighted by molar-refractivity contribution is 5.76. The quantitative estimate of drug-likeness (QED) is 0.177. The first kappa shape index (κ1) is 29.4. The van der Waals surface area contributed by atoms with Gasteiger partial charge in [0.05, 0.1) is 18.8 Å². The lowest BCUT2D eigenvalue weighted by Gasteiger charge is -2.20. The molecule has 0 saturated heterocycles. The first-order valence-corrected chi connectivity index (χ1v) is 13.5. The SMILES string of the molecule is CCCCCCCCCCCCCCCCCC(=O)N[C@H](CO)[C@@H](O)/C=C/c1ccccc1. The number of aliphatic hydroxyl groups is 2. The number of rotatable bonds is 21. The van der Waals surface area contributed by atoms with E-state index < -0.39 is 12.1 Å². The van der Waals surface area contributed by atoms with E-state index >= 15 is 0 Å². The summed E-state index contributed by atoms with van der Waals surface area (Å²) in [5, 5.41) is 22.6. The number of aliphatic hydroxyl groups excluding tert-OH is 2. The Bertz CT molecular complexity index is 602. The fourth-order valence-corrected chi connectivity index (χ4v) is 4.08. The average Bonchev–Trinajstić information content (AvgIpc) is 2.84. The van der Waals surface area contributed by atoms with E-state index in [-0.39, 0.29) is 12.5 Å². The number of amides is 1. The number of hydrogen-bond donors (Lipinski definition) is 3. The fourth-order valence-electron chi connectivity index (χ4n) is 4.08. The Morgan fingerprint density at radius 2 is 1.30 bits per heavy atom. The summed E-state index contributed by atoms with van der Waals surface area (Å²) in [6.45, 7) is 1.98. The monoisotopic (exact) mass is 459 g/mol. The number of carbonyl (C=O) groups excluding carboxylic acids is 1. The van der Waals surface area contributed by atoms with Gasteiger partial charge in [-0.25, -0.2) is 0 Å². The number of benzene rings is 1. The van der Waals surface area contributed by atoms with Gasteiger partial charge in [-0.15, -0.1) is 0 Å². The van der Waals surface area contributed by atoms with Crippen molar-refractivity contribution in [3.05, 3.63) is 42.0 Å². The lowest BCUT2D eigenvalue weighted by molar-refractivity contribution is -0.123. The van der Waals surface area contributed by atoms with Crippen molar-refractivity contribution in [1.82, 2.24) is 5.32 Å². The number of nitrogens with one attached hydrogen (secondary N) is 1. The van der Waals surface area contributed by atoms with Gasteiger partial charge in [0.15, 0.2) is 0 Å². The minimum Gasteiger partial charge on any atom is -0.394 e. The van der Waals surface area contributed by atoms with Gasteiger partial charge in [-0.3, -0.25) is 4.79 Å². The Morgan fingerprint density at radius 1 is 0.818 bits per heavy atom. The summed E-state index contributed by atoms with van der Waals surface area (Å²) in [5.41, 5.74) is 0.970. The zero-order valence-corrected chi connectivity index (χ0v) is 21.0. The van der Waals surface area contributed by atoms with Crippen molar-refractivity contribution in [1.29, 1.82) is 0 Å². The minimum absolute atomic E-state index is 0.101. The van der Waals surface area contributed by atoms with E-state index in [1.54, 1.807) is 12.2 Å². The molecule has 0 unspecified atom stereocenters. The van der Waals surface area contributed by atoms with E-state index in [4.69, 9.17) is 0 Å². The molecule has 0 fully saturated rings. The standard InChI is InChI=1S/C29H49NO3/c1-2-3-4-5-6-7-8-9-10-11-12-13-14-15-19-22-29(33)30-27(25-31)28(32)24-23-26-20-17-16-18-21-26/h16-18,20-21,23-24,27-28,31-32H,2-15,19,22,25H2,1H3,(H,30,33)/b24-23+/t27-,28+/m1/s1. The van der Waals surface area contributed by atoms with Gasteiger partial charge in [-0.05, 0) is 12.0 Å². The molecule has 0 aliphatic rings. The van der Waals surface area contributed by atoms with Crippen LogP contribution in [0.15, 0.2) is 36.4 Å². The van der Waals surface area contributed by atoms with Crippen LogP contribution in [0, 0.1) is 0 Å². The molecule has 3 N–H and O–H groups in total. The fraction of sp³-hybridized carbons (Fsp3) is 0.690. The van der Waals surface area contributed by atoms with E-state index in [2.05, 4.69) is 12.2 Å². The maximum atomic E-state index is 12.2. The van der Waals surface area contributed by atoms with Crippen molar-refractivity contribution in [2.45, 2.75) is 122 Å². The Morgan fingerprint density at radius 3 is 1.79 bits per heavy atom. The minimum atomic E-state index is -0.916. The smallest absolute Gasteiger partial charge is 0.220 e.